The molecule has 0 fully saturated rings. The van der Waals surface area contributed by atoms with Crippen molar-refractivity contribution in [3.05, 3.63) is 77.0 Å². The van der Waals surface area contributed by atoms with Crippen molar-refractivity contribution in [2.45, 2.75) is 13.2 Å². The molecule has 1 amide bonds. The van der Waals surface area contributed by atoms with Crippen molar-refractivity contribution in [3.8, 4) is 0 Å². The van der Waals surface area contributed by atoms with Crippen molar-refractivity contribution in [2.75, 3.05) is 0 Å². The molecule has 2 aromatic rings. The first-order valence-electron chi connectivity index (χ1n) is 6.77. The second-order valence-electron chi connectivity index (χ2n) is 4.90. The molecule has 2 aromatic carbocycles. The van der Waals surface area contributed by atoms with Gasteiger partial charge in [-0.2, -0.15) is 0 Å². The predicted octanol–water partition coefficient (Wildman–Crippen LogP) is 4.09. The molecule has 0 bridgehead atoms. The van der Waals surface area contributed by atoms with E-state index in [2.05, 4.69) is 0 Å². The van der Waals surface area contributed by atoms with E-state index in [0.29, 0.717) is 6.54 Å². The van der Waals surface area contributed by atoms with Crippen LogP contribution < -0.4 is 0 Å². The number of fused-ring (bicyclic) bond motifs is 1. The molecule has 0 unspecified atom stereocenters. The van der Waals surface area contributed by atoms with Crippen LogP contribution in [0.2, 0.25) is 0 Å². The van der Waals surface area contributed by atoms with Gasteiger partial charge in [-0.05, 0) is 29.3 Å². The van der Waals surface area contributed by atoms with Gasteiger partial charge in [0, 0.05) is 6.20 Å². The van der Waals surface area contributed by atoms with Gasteiger partial charge in [-0.25, -0.2) is 13.6 Å². The van der Waals surface area contributed by atoms with E-state index in [9.17, 15) is 13.6 Å². The van der Waals surface area contributed by atoms with E-state index in [1.807, 2.05) is 24.3 Å². The van der Waals surface area contributed by atoms with Gasteiger partial charge in [0.15, 0.2) is 0 Å². The Morgan fingerprint density at radius 1 is 1.09 bits per heavy atom. The zero-order valence-corrected chi connectivity index (χ0v) is 11.6. The lowest BCUT2D eigenvalue weighted by atomic mass is 10.1. The summed E-state index contributed by atoms with van der Waals surface area (Å²) in [5.41, 5.74) is 1.77. The second-order valence-corrected chi connectivity index (χ2v) is 4.90. The quantitative estimate of drug-likeness (QED) is 0.836. The van der Waals surface area contributed by atoms with Crippen LogP contribution in [0.25, 0.3) is 6.08 Å². The molecule has 0 atom stereocenters. The van der Waals surface area contributed by atoms with E-state index in [1.54, 1.807) is 12.3 Å². The van der Waals surface area contributed by atoms with Gasteiger partial charge in [0.25, 0.3) is 0 Å². The first kappa shape index (κ1) is 14.3. The summed E-state index contributed by atoms with van der Waals surface area (Å²) in [4.78, 5) is 13.4. The Hall–Kier alpha value is -2.69. The van der Waals surface area contributed by atoms with Crippen molar-refractivity contribution in [1.29, 1.82) is 0 Å². The number of hydrogen-bond acceptors (Lipinski definition) is 2. The number of halogens is 2. The van der Waals surface area contributed by atoms with Crippen LogP contribution in [0.15, 0.2) is 48.7 Å². The van der Waals surface area contributed by atoms with Crippen LogP contribution in [0.3, 0.4) is 0 Å². The fraction of sp³-hybridized carbons (Fsp3) is 0.118. The molecule has 3 nitrogen and oxygen atoms in total. The van der Waals surface area contributed by atoms with Crippen LogP contribution in [-0.2, 0) is 17.9 Å². The molecule has 0 aromatic heterocycles. The molecule has 1 aliphatic heterocycles. The summed E-state index contributed by atoms with van der Waals surface area (Å²) >= 11 is 0. The largest absolute Gasteiger partial charge is 0.444 e. The normalized spacial score (nSPS) is 12.9. The highest BCUT2D eigenvalue weighted by Crippen LogP contribution is 2.20. The molecule has 0 saturated carbocycles. The summed E-state index contributed by atoms with van der Waals surface area (Å²) in [6.07, 6.45) is 2.75. The number of amides is 1. The van der Waals surface area contributed by atoms with Crippen LogP contribution in [0.5, 0.6) is 0 Å². The lowest BCUT2D eigenvalue weighted by Crippen LogP contribution is -2.28. The van der Waals surface area contributed by atoms with Gasteiger partial charge in [-0.1, -0.05) is 30.3 Å². The lowest BCUT2D eigenvalue weighted by Gasteiger charge is -2.23. The molecule has 0 saturated heterocycles. The van der Waals surface area contributed by atoms with Crippen LogP contribution in [-0.4, -0.2) is 11.0 Å². The van der Waals surface area contributed by atoms with Gasteiger partial charge >= 0.3 is 6.09 Å². The Labute approximate surface area is 126 Å². The van der Waals surface area contributed by atoms with E-state index in [0.717, 1.165) is 23.3 Å². The third-order valence-electron chi connectivity index (χ3n) is 3.47. The average Bonchev–Trinajstić information content (AvgIpc) is 2.53. The molecule has 112 valence electrons. The fourth-order valence-electron chi connectivity index (χ4n) is 2.26. The van der Waals surface area contributed by atoms with E-state index < -0.39 is 24.3 Å². The van der Waals surface area contributed by atoms with Gasteiger partial charge in [0.05, 0.1) is 12.1 Å². The maximum Gasteiger partial charge on any atom is 0.414 e. The van der Waals surface area contributed by atoms with Crippen molar-refractivity contribution >= 4 is 12.2 Å². The van der Waals surface area contributed by atoms with Gasteiger partial charge in [0.2, 0.25) is 0 Å². The number of ether oxygens (including phenoxy) is 1. The Kier molecular flexibility index (Phi) is 3.87. The molecule has 22 heavy (non-hydrogen) atoms. The van der Waals surface area contributed by atoms with Crippen molar-refractivity contribution in [2.24, 2.45) is 0 Å². The minimum Gasteiger partial charge on any atom is -0.444 e. The summed E-state index contributed by atoms with van der Waals surface area (Å²) in [6, 6.07) is 11.2. The minimum absolute atomic E-state index is 0.253. The number of carbonyl (C=O) groups excluding carboxylic acids is 1. The maximum absolute atomic E-state index is 13.5. The summed E-state index contributed by atoms with van der Waals surface area (Å²) in [5, 5.41) is 0. The van der Waals surface area contributed by atoms with Crippen molar-refractivity contribution in [1.82, 2.24) is 4.90 Å². The van der Waals surface area contributed by atoms with Gasteiger partial charge in [-0.15, -0.1) is 0 Å². The highest BCUT2D eigenvalue weighted by atomic mass is 19.1. The molecule has 5 heteroatoms. The Balaban J connectivity index is 1.67. The summed E-state index contributed by atoms with van der Waals surface area (Å²) in [5.74, 6) is -1.46. The van der Waals surface area contributed by atoms with Gasteiger partial charge < -0.3 is 4.74 Å². The number of carbonyl (C=O) groups is 1. The zero-order valence-electron chi connectivity index (χ0n) is 11.6. The minimum atomic E-state index is -0.729. The lowest BCUT2D eigenvalue weighted by molar-refractivity contribution is 0.106. The van der Waals surface area contributed by atoms with Gasteiger partial charge in [0.1, 0.15) is 18.2 Å². The van der Waals surface area contributed by atoms with Crippen molar-refractivity contribution < 1.29 is 18.3 Å². The summed E-state index contributed by atoms with van der Waals surface area (Å²) in [7, 11) is 0. The van der Waals surface area contributed by atoms with Crippen LogP contribution in [0.1, 0.15) is 16.7 Å². The molecule has 0 N–H and O–H groups in total. The summed E-state index contributed by atoms with van der Waals surface area (Å²) in [6.45, 7) is -0.0748. The third-order valence-corrected chi connectivity index (χ3v) is 3.47. The van der Waals surface area contributed by atoms with Crippen LogP contribution >= 0.6 is 0 Å². The first-order chi connectivity index (χ1) is 10.6. The highest BCUT2D eigenvalue weighted by Gasteiger charge is 2.19. The molecular weight excluding hydrogens is 288 g/mol. The molecular formula is C17H13F2NO2. The monoisotopic (exact) mass is 301 g/mol. The van der Waals surface area contributed by atoms with E-state index in [-0.39, 0.29) is 5.56 Å². The van der Waals surface area contributed by atoms with E-state index >= 15 is 0 Å². The standard InChI is InChI=1S/C17H13F2NO2/c18-15-6-3-7-16(19)14(15)11-22-17(21)20-9-8-12-4-1-2-5-13(12)10-20/h1-9H,10-11H2. The van der Waals surface area contributed by atoms with Crippen LogP contribution in [0.4, 0.5) is 13.6 Å². The highest BCUT2D eigenvalue weighted by molar-refractivity contribution is 5.72. The maximum atomic E-state index is 13.5. The third kappa shape index (κ3) is 2.83. The number of rotatable bonds is 2. The fourth-order valence-corrected chi connectivity index (χ4v) is 2.26. The number of nitrogens with zero attached hydrogens (tertiary/aromatic N) is 1. The topological polar surface area (TPSA) is 29.5 Å². The Morgan fingerprint density at radius 2 is 1.82 bits per heavy atom. The molecule has 0 aliphatic carbocycles. The second kappa shape index (κ2) is 5.97. The zero-order chi connectivity index (χ0) is 15.5. The number of benzene rings is 2. The van der Waals surface area contributed by atoms with E-state index in [4.69, 9.17) is 4.74 Å². The molecule has 1 aliphatic rings. The first-order valence-corrected chi connectivity index (χ1v) is 6.77. The van der Waals surface area contributed by atoms with Gasteiger partial charge in [-0.3, -0.25) is 4.90 Å². The number of hydrogen-bond donors (Lipinski definition) is 0. The smallest absolute Gasteiger partial charge is 0.414 e. The molecule has 1 heterocycles. The molecule has 0 radical (unpaired) electrons. The van der Waals surface area contributed by atoms with Crippen LogP contribution in [0, 0.1) is 11.6 Å². The SMILES string of the molecule is O=C(OCc1c(F)cccc1F)N1C=Cc2ccccc2C1. The predicted molar refractivity (Wildman–Crippen MR) is 77.6 cm³/mol. The van der Waals surface area contributed by atoms with Crippen molar-refractivity contribution in [3.63, 3.8) is 0 Å². The Bertz CT molecular complexity index is 723. The summed E-state index contributed by atoms with van der Waals surface area (Å²) < 4.78 is 32.0. The molecule has 3 rings (SSSR count). The van der Waals surface area contributed by atoms with E-state index in [1.165, 1.54) is 11.0 Å². The average molecular weight is 301 g/mol. The molecule has 0 spiro atoms. The Morgan fingerprint density at radius 3 is 2.59 bits per heavy atom.